The van der Waals surface area contributed by atoms with Crippen LogP contribution in [-0.4, -0.2) is 18.1 Å². The van der Waals surface area contributed by atoms with Gasteiger partial charge in [-0.05, 0) is 49.3 Å². The molecule has 1 aliphatic carbocycles. The molecule has 4 rings (SSSR count). The number of hydrogen-bond donors (Lipinski definition) is 1. The molecule has 0 saturated heterocycles. The van der Waals surface area contributed by atoms with Gasteiger partial charge in [0.05, 0.1) is 5.56 Å². The quantitative estimate of drug-likeness (QED) is 0.915. The van der Waals surface area contributed by atoms with Crippen LogP contribution in [0.25, 0.3) is 10.9 Å². The van der Waals surface area contributed by atoms with Gasteiger partial charge in [-0.25, -0.2) is 0 Å². The SMILES string of the molecule is O=c1cc(C(F)(F)F)c2cc3c(cc2[nH]1)CCCN3CC1CC1. The number of hydrogen-bond acceptors (Lipinski definition) is 2. The van der Waals surface area contributed by atoms with Crippen molar-refractivity contribution in [3.05, 3.63) is 39.7 Å². The second kappa shape index (κ2) is 5.01. The van der Waals surface area contributed by atoms with Crippen molar-refractivity contribution < 1.29 is 13.2 Å². The van der Waals surface area contributed by atoms with Crippen molar-refractivity contribution in [2.75, 3.05) is 18.0 Å². The summed E-state index contributed by atoms with van der Waals surface area (Å²) in [5.41, 5.74) is 0.635. The molecule has 1 fully saturated rings. The van der Waals surface area contributed by atoms with Crippen LogP contribution in [0.15, 0.2) is 23.0 Å². The molecule has 0 unspecified atom stereocenters. The minimum Gasteiger partial charge on any atom is -0.371 e. The normalized spacial score (nSPS) is 18.3. The molecular formula is C17H17F3N2O. The third-order valence-corrected chi connectivity index (χ3v) is 4.74. The van der Waals surface area contributed by atoms with Gasteiger partial charge in [-0.3, -0.25) is 4.79 Å². The molecule has 1 N–H and O–H groups in total. The summed E-state index contributed by atoms with van der Waals surface area (Å²) in [4.78, 5) is 16.3. The summed E-state index contributed by atoms with van der Waals surface area (Å²) in [6, 6.07) is 3.99. The average Bonchev–Trinajstić information content (AvgIpc) is 3.28. The van der Waals surface area contributed by atoms with E-state index in [4.69, 9.17) is 0 Å². The number of alkyl halides is 3. The predicted octanol–water partition coefficient (Wildman–Crippen LogP) is 3.71. The third-order valence-electron chi connectivity index (χ3n) is 4.74. The Kier molecular flexibility index (Phi) is 3.18. The van der Waals surface area contributed by atoms with Crippen molar-refractivity contribution in [2.24, 2.45) is 5.92 Å². The lowest BCUT2D eigenvalue weighted by atomic mass is 9.97. The number of benzene rings is 1. The lowest BCUT2D eigenvalue weighted by molar-refractivity contribution is -0.136. The average molecular weight is 322 g/mol. The van der Waals surface area contributed by atoms with Gasteiger partial charge in [-0.2, -0.15) is 13.2 Å². The van der Waals surface area contributed by atoms with E-state index in [1.165, 1.54) is 12.8 Å². The van der Waals surface area contributed by atoms with E-state index in [2.05, 4.69) is 9.88 Å². The zero-order valence-electron chi connectivity index (χ0n) is 12.5. The summed E-state index contributed by atoms with van der Waals surface area (Å²) in [6.07, 6.45) is -0.281. The van der Waals surface area contributed by atoms with Crippen molar-refractivity contribution >= 4 is 16.6 Å². The molecule has 1 aromatic carbocycles. The molecule has 0 spiro atoms. The zero-order chi connectivity index (χ0) is 16.2. The van der Waals surface area contributed by atoms with Gasteiger partial charge in [-0.15, -0.1) is 0 Å². The smallest absolute Gasteiger partial charge is 0.371 e. The lowest BCUT2D eigenvalue weighted by Crippen LogP contribution is -2.31. The fourth-order valence-electron chi connectivity index (χ4n) is 3.45. The zero-order valence-corrected chi connectivity index (χ0v) is 12.5. The maximum absolute atomic E-state index is 13.3. The highest BCUT2D eigenvalue weighted by Crippen LogP contribution is 2.39. The molecule has 0 bridgehead atoms. The number of fused-ring (bicyclic) bond motifs is 2. The number of pyridine rings is 1. The van der Waals surface area contributed by atoms with E-state index in [-0.39, 0.29) is 10.9 Å². The molecule has 1 saturated carbocycles. The van der Waals surface area contributed by atoms with Crippen molar-refractivity contribution in [1.82, 2.24) is 4.98 Å². The summed E-state index contributed by atoms with van der Waals surface area (Å²) >= 11 is 0. The Morgan fingerprint density at radius 1 is 1.22 bits per heavy atom. The molecule has 122 valence electrons. The van der Waals surface area contributed by atoms with E-state index in [1.54, 1.807) is 12.1 Å². The fraction of sp³-hybridized carbons (Fsp3) is 0.471. The molecule has 0 amide bonds. The van der Waals surface area contributed by atoms with Crippen LogP contribution in [0.3, 0.4) is 0 Å². The molecule has 0 atom stereocenters. The van der Waals surface area contributed by atoms with Crippen molar-refractivity contribution in [3.63, 3.8) is 0 Å². The van der Waals surface area contributed by atoms with Crippen molar-refractivity contribution in [2.45, 2.75) is 31.9 Å². The molecule has 2 heterocycles. The first-order valence-corrected chi connectivity index (χ1v) is 7.94. The topological polar surface area (TPSA) is 36.1 Å². The van der Waals surface area contributed by atoms with E-state index >= 15 is 0 Å². The number of nitrogens with one attached hydrogen (secondary N) is 1. The van der Waals surface area contributed by atoms with E-state index in [0.717, 1.165) is 37.2 Å². The highest BCUT2D eigenvalue weighted by atomic mass is 19.4. The number of aromatic nitrogens is 1. The van der Waals surface area contributed by atoms with Crippen LogP contribution >= 0.6 is 0 Å². The monoisotopic (exact) mass is 322 g/mol. The second-order valence-corrected chi connectivity index (χ2v) is 6.56. The van der Waals surface area contributed by atoms with Crippen LogP contribution in [0, 0.1) is 5.92 Å². The van der Waals surface area contributed by atoms with Gasteiger partial charge in [-0.1, -0.05) is 0 Å². The van der Waals surface area contributed by atoms with Crippen LogP contribution in [0.5, 0.6) is 0 Å². The summed E-state index contributed by atoms with van der Waals surface area (Å²) in [7, 11) is 0. The van der Waals surface area contributed by atoms with E-state index in [9.17, 15) is 18.0 Å². The van der Waals surface area contributed by atoms with E-state index in [0.29, 0.717) is 12.0 Å². The molecule has 1 aliphatic heterocycles. The summed E-state index contributed by atoms with van der Waals surface area (Å²) < 4.78 is 39.8. The van der Waals surface area contributed by atoms with Crippen molar-refractivity contribution in [3.8, 4) is 0 Å². The maximum atomic E-state index is 13.3. The summed E-state index contributed by atoms with van der Waals surface area (Å²) in [6.45, 7) is 1.81. The Bertz CT molecular complexity index is 821. The van der Waals surface area contributed by atoms with Crippen LogP contribution in [0.4, 0.5) is 18.9 Å². The first kappa shape index (κ1) is 14.6. The minimum atomic E-state index is -4.53. The number of H-pyrrole nitrogens is 1. The second-order valence-electron chi connectivity index (χ2n) is 6.56. The number of rotatable bonds is 2. The molecular weight excluding hydrogens is 305 g/mol. The summed E-state index contributed by atoms with van der Waals surface area (Å²) in [5, 5.41) is 0.0820. The molecule has 6 heteroatoms. The lowest BCUT2D eigenvalue weighted by Gasteiger charge is -2.32. The Labute approximate surface area is 131 Å². The van der Waals surface area contributed by atoms with Crippen LogP contribution in [-0.2, 0) is 12.6 Å². The van der Waals surface area contributed by atoms with Gasteiger partial charge in [0.15, 0.2) is 0 Å². The van der Waals surface area contributed by atoms with Gasteiger partial charge in [0.2, 0.25) is 5.56 Å². The van der Waals surface area contributed by atoms with Crippen LogP contribution < -0.4 is 10.5 Å². The fourth-order valence-corrected chi connectivity index (χ4v) is 3.45. The Morgan fingerprint density at radius 2 is 2.00 bits per heavy atom. The Hall–Kier alpha value is -1.98. The highest BCUT2D eigenvalue weighted by molar-refractivity contribution is 5.88. The first-order valence-electron chi connectivity index (χ1n) is 7.94. The molecule has 23 heavy (non-hydrogen) atoms. The van der Waals surface area contributed by atoms with Gasteiger partial charge in [0, 0.05) is 35.7 Å². The van der Waals surface area contributed by atoms with E-state index < -0.39 is 17.3 Å². The molecule has 2 aromatic rings. The number of anilines is 1. The predicted molar refractivity (Wildman–Crippen MR) is 82.8 cm³/mol. The Morgan fingerprint density at radius 3 is 2.70 bits per heavy atom. The highest BCUT2D eigenvalue weighted by Gasteiger charge is 2.34. The largest absolute Gasteiger partial charge is 0.417 e. The number of aromatic amines is 1. The standard InChI is InChI=1S/C17H17F3N2O/c18-17(19,20)13-8-16(23)21-14-6-11-2-1-5-22(9-10-3-4-10)15(11)7-12(13)14/h6-8,10H,1-5,9H2,(H,21,23). The molecule has 0 radical (unpaired) electrons. The van der Waals surface area contributed by atoms with Crippen LogP contribution in [0.2, 0.25) is 0 Å². The van der Waals surface area contributed by atoms with Gasteiger partial charge in [0.25, 0.3) is 0 Å². The number of nitrogens with zero attached hydrogens (tertiary/aromatic N) is 1. The van der Waals surface area contributed by atoms with Gasteiger partial charge in [0.1, 0.15) is 0 Å². The van der Waals surface area contributed by atoms with Gasteiger partial charge >= 0.3 is 6.18 Å². The van der Waals surface area contributed by atoms with E-state index in [1.807, 2.05) is 0 Å². The van der Waals surface area contributed by atoms with Crippen LogP contribution in [0.1, 0.15) is 30.4 Å². The number of aryl methyl sites for hydroxylation is 1. The first-order chi connectivity index (χ1) is 10.9. The van der Waals surface area contributed by atoms with Crippen molar-refractivity contribution in [1.29, 1.82) is 0 Å². The molecule has 1 aromatic heterocycles. The molecule has 3 nitrogen and oxygen atoms in total. The Balaban J connectivity index is 1.90. The van der Waals surface area contributed by atoms with Gasteiger partial charge < -0.3 is 9.88 Å². The number of halogens is 3. The third kappa shape index (κ3) is 2.71. The summed E-state index contributed by atoms with van der Waals surface area (Å²) in [5.74, 6) is 0.675. The molecule has 2 aliphatic rings. The minimum absolute atomic E-state index is 0.0820. The maximum Gasteiger partial charge on any atom is 0.417 e.